The Labute approximate surface area is 184 Å². The number of carbonyl (C=O) groups excluding carboxylic acids is 1. The van der Waals surface area contributed by atoms with Gasteiger partial charge in [0, 0.05) is 42.8 Å². The van der Waals surface area contributed by atoms with Crippen LogP contribution in [0.25, 0.3) is 16.5 Å². The van der Waals surface area contributed by atoms with Gasteiger partial charge in [0.1, 0.15) is 5.75 Å². The van der Waals surface area contributed by atoms with Crippen LogP contribution in [0.2, 0.25) is 0 Å². The Morgan fingerprint density at radius 1 is 1.13 bits per heavy atom. The summed E-state index contributed by atoms with van der Waals surface area (Å²) in [7, 11) is 2.15. The lowest BCUT2D eigenvalue weighted by atomic mass is 9.79. The second-order valence-corrected chi connectivity index (χ2v) is 8.28. The minimum absolute atomic E-state index is 0.0445. The second-order valence-electron chi connectivity index (χ2n) is 8.28. The SMILES string of the molecule is CCN(CC)C(=O)[C@@H]1C=C2c3cccc4[nH]cc(c34)C[C@H]2N(C)C1.Oc1ccccc1. The fourth-order valence-corrected chi connectivity index (χ4v) is 4.80. The monoisotopic (exact) mass is 417 g/mol. The van der Waals surface area contributed by atoms with E-state index in [0.717, 1.165) is 26.1 Å². The zero-order chi connectivity index (χ0) is 22.0. The molecule has 5 rings (SSSR count). The molecule has 0 spiro atoms. The van der Waals surface area contributed by atoms with Crippen LogP contribution in [0.5, 0.6) is 5.75 Å². The molecule has 31 heavy (non-hydrogen) atoms. The third-order valence-corrected chi connectivity index (χ3v) is 6.42. The number of aromatic hydroxyl groups is 1. The van der Waals surface area contributed by atoms with Crippen LogP contribution in [0.15, 0.2) is 60.8 Å². The lowest BCUT2D eigenvalue weighted by Gasteiger charge is -2.40. The van der Waals surface area contributed by atoms with Gasteiger partial charge in [0.25, 0.3) is 0 Å². The standard InChI is InChI=1S/C20H25N3O.C6H6O/c1-4-23(5-2)20(24)14-9-16-15-7-6-8-17-19(15)13(11-21-17)10-18(16)22(3)12-14;7-6-4-2-1-3-5-6/h6-9,11,14,18,21H,4-5,10,12H2,1-3H3;1-5,7H/t14-,18-;/m1./s1. The minimum atomic E-state index is -0.0445. The summed E-state index contributed by atoms with van der Waals surface area (Å²) in [6.07, 6.45) is 5.41. The lowest BCUT2D eigenvalue weighted by molar-refractivity contribution is -0.134. The molecule has 1 aliphatic heterocycles. The highest BCUT2D eigenvalue weighted by molar-refractivity contribution is 5.99. The summed E-state index contributed by atoms with van der Waals surface area (Å²) < 4.78 is 0. The first-order valence-corrected chi connectivity index (χ1v) is 11.1. The highest BCUT2D eigenvalue weighted by Crippen LogP contribution is 2.40. The highest BCUT2D eigenvalue weighted by Gasteiger charge is 2.36. The number of rotatable bonds is 3. The Morgan fingerprint density at radius 3 is 2.52 bits per heavy atom. The molecular weight excluding hydrogens is 386 g/mol. The maximum absolute atomic E-state index is 12.9. The number of hydrogen-bond donors (Lipinski definition) is 2. The van der Waals surface area contributed by atoms with Gasteiger partial charge in [0.15, 0.2) is 0 Å². The number of phenolic OH excluding ortho intramolecular Hbond substituents is 1. The van der Waals surface area contributed by atoms with E-state index < -0.39 is 0 Å². The summed E-state index contributed by atoms with van der Waals surface area (Å²) in [4.78, 5) is 20.6. The van der Waals surface area contributed by atoms with Gasteiger partial charge in [-0.15, -0.1) is 0 Å². The molecule has 0 saturated heterocycles. The van der Waals surface area contributed by atoms with E-state index in [-0.39, 0.29) is 11.8 Å². The predicted molar refractivity (Wildman–Crippen MR) is 126 cm³/mol. The average Bonchev–Trinajstić information content (AvgIpc) is 3.20. The molecule has 0 unspecified atom stereocenters. The highest BCUT2D eigenvalue weighted by atomic mass is 16.3. The second kappa shape index (κ2) is 8.98. The van der Waals surface area contributed by atoms with Crippen molar-refractivity contribution in [2.75, 3.05) is 26.7 Å². The molecule has 1 aliphatic carbocycles. The van der Waals surface area contributed by atoms with E-state index in [0.29, 0.717) is 11.8 Å². The number of benzene rings is 2. The molecule has 2 heterocycles. The molecule has 162 valence electrons. The number of carbonyl (C=O) groups is 1. The topological polar surface area (TPSA) is 59.6 Å². The molecule has 1 aromatic heterocycles. The van der Waals surface area contributed by atoms with E-state index in [2.05, 4.69) is 61.3 Å². The van der Waals surface area contributed by atoms with Gasteiger partial charge >= 0.3 is 0 Å². The van der Waals surface area contributed by atoms with Crippen LogP contribution in [0, 0.1) is 5.92 Å². The predicted octanol–water partition coefficient (Wildman–Crippen LogP) is 4.30. The van der Waals surface area contributed by atoms with E-state index >= 15 is 0 Å². The van der Waals surface area contributed by atoms with E-state index in [1.807, 2.05) is 11.0 Å². The fraction of sp³-hybridized carbons (Fsp3) is 0.346. The molecule has 2 aromatic carbocycles. The molecule has 0 fully saturated rings. The van der Waals surface area contributed by atoms with Crippen molar-refractivity contribution in [3.05, 3.63) is 71.9 Å². The third-order valence-electron chi connectivity index (χ3n) is 6.42. The van der Waals surface area contributed by atoms with Crippen LogP contribution in [-0.2, 0) is 11.2 Å². The summed E-state index contributed by atoms with van der Waals surface area (Å²) in [6.45, 7) is 6.47. The number of H-pyrrole nitrogens is 1. The van der Waals surface area contributed by atoms with Crippen molar-refractivity contribution in [2.45, 2.75) is 26.3 Å². The molecule has 0 bridgehead atoms. The van der Waals surface area contributed by atoms with Crippen LogP contribution in [0.3, 0.4) is 0 Å². The normalized spacial score (nSPS) is 19.8. The van der Waals surface area contributed by atoms with Crippen LogP contribution >= 0.6 is 0 Å². The number of fused-ring (bicyclic) bond motifs is 2. The van der Waals surface area contributed by atoms with Crippen LogP contribution in [0.4, 0.5) is 0 Å². The van der Waals surface area contributed by atoms with Crippen molar-refractivity contribution in [3.8, 4) is 5.75 Å². The summed E-state index contributed by atoms with van der Waals surface area (Å²) in [5, 5.41) is 9.97. The zero-order valence-corrected chi connectivity index (χ0v) is 18.5. The number of para-hydroxylation sites is 1. The minimum Gasteiger partial charge on any atom is -0.508 e. The number of hydrogen-bond acceptors (Lipinski definition) is 3. The van der Waals surface area contributed by atoms with E-state index in [4.69, 9.17) is 5.11 Å². The first-order valence-electron chi connectivity index (χ1n) is 11.1. The van der Waals surface area contributed by atoms with Gasteiger partial charge in [-0.25, -0.2) is 0 Å². The first-order chi connectivity index (χ1) is 15.0. The lowest BCUT2D eigenvalue weighted by Crippen LogP contribution is -2.47. The van der Waals surface area contributed by atoms with Gasteiger partial charge in [0.2, 0.25) is 5.91 Å². The van der Waals surface area contributed by atoms with Gasteiger partial charge in [-0.05, 0) is 62.2 Å². The van der Waals surface area contributed by atoms with Gasteiger partial charge in [-0.2, -0.15) is 0 Å². The molecule has 5 nitrogen and oxygen atoms in total. The number of aromatic amines is 1. The Hall–Kier alpha value is -3.05. The summed E-state index contributed by atoms with van der Waals surface area (Å²) in [5.41, 5.74) is 5.21. The Kier molecular flexibility index (Phi) is 6.14. The summed E-state index contributed by atoms with van der Waals surface area (Å²) >= 11 is 0. The largest absolute Gasteiger partial charge is 0.508 e. The van der Waals surface area contributed by atoms with Gasteiger partial charge in [-0.1, -0.05) is 36.4 Å². The fourth-order valence-electron chi connectivity index (χ4n) is 4.80. The number of nitrogens with one attached hydrogen (secondary N) is 1. The number of amides is 1. The van der Waals surface area contributed by atoms with Crippen molar-refractivity contribution in [3.63, 3.8) is 0 Å². The average molecular weight is 418 g/mol. The van der Waals surface area contributed by atoms with Crippen molar-refractivity contribution in [2.24, 2.45) is 5.92 Å². The summed E-state index contributed by atoms with van der Waals surface area (Å²) in [5.74, 6) is 0.532. The van der Waals surface area contributed by atoms with Crippen LogP contribution in [-0.4, -0.2) is 58.5 Å². The van der Waals surface area contributed by atoms with Gasteiger partial charge < -0.3 is 15.0 Å². The van der Waals surface area contributed by atoms with Gasteiger partial charge in [0.05, 0.1) is 5.92 Å². The maximum Gasteiger partial charge on any atom is 0.230 e. The number of aromatic nitrogens is 1. The zero-order valence-electron chi connectivity index (χ0n) is 18.5. The molecular formula is C26H31N3O2. The van der Waals surface area contributed by atoms with Crippen molar-refractivity contribution in [1.29, 1.82) is 0 Å². The van der Waals surface area contributed by atoms with Crippen LogP contribution < -0.4 is 0 Å². The molecule has 2 atom stereocenters. The van der Waals surface area contributed by atoms with E-state index in [9.17, 15) is 4.79 Å². The number of nitrogens with zero attached hydrogens (tertiary/aromatic N) is 2. The molecule has 2 N–H and O–H groups in total. The quantitative estimate of drug-likeness (QED) is 0.668. The van der Waals surface area contributed by atoms with Crippen molar-refractivity contribution < 1.29 is 9.90 Å². The smallest absolute Gasteiger partial charge is 0.230 e. The first kappa shape index (κ1) is 21.2. The summed E-state index contributed by atoms with van der Waals surface area (Å²) in [6, 6.07) is 15.5. The maximum atomic E-state index is 12.9. The molecule has 3 aromatic rings. The van der Waals surface area contributed by atoms with E-state index in [1.54, 1.807) is 24.3 Å². The van der Waals surface area contributed by atoms with Crippen molar-refractivity contribution >= 4 is 22.4 Å². The molecule has 5 heteroatoms. The third kappa shape index (κ3) is 4.10. The number of phenols is 1. The Morgan fingerprint density at radius 2 is 1.87 bits per heavy atom. The van der Waals surface area contributed by atoms with Crippen molar-refractivity contribution in [1.82, 2.24) is 14.8 Å². The Bertz CT molecular complexity index is 1080. The van der Waals surface area contributed by atoms with E-state index in [1.165, 1.54) is 27.6 Å². The molecule has 2 aliphatic rings. The number of likely N-dealkylation sites (N-methyl/N-ethyl adjacent to an activating group) is 1. The Balaban J connectivity index is 0.000000282. The molecule has 1 amide bonds. The van der Waals surface area contributed by atoms with Gasteiger partial charge in [-0.3, -0.25) is 9.69 Å². The molecule has 0 saturated carbocycles. The molecule has 0 radical (unpaired) electrons. The van der Waals surface area contributed by atoms with Crippen LogP contribution in [0.1, 0.15) is 25.0 Å².